The van der Waals surface area contributed by atoms with Gasteiger partial charge in [0.1, 0.15) is 6.61 Å². The van der Waals surface area contributed by atoms with E-state index in [0.29, 0.717) is 33.2 Å². The van der Waals surface area contributed by atoms with Gasteiger partial charge >= 0.3 is 0 Å². The lowest BCUT2D eigenvalue weighted by Crippen LogP contribution is -2.19. The molecule has 8 heteroatoms. The highest BCUT2D eigenvalue weighted by Crippen LogP contribution is 2.33. The lowest BCUT2D eigenvalue weighted by molar-refractivity contribution is -0.115. The van der Waals surface area contributed by atoms with Crippen LogP contribution >= 0.6 is 39.3 Å². The molecular formula is C24H18BrClN2O3S. The summed E-state index contributed by atoms with van der Waals surface area (Å²) >= 11 is 10.6. The van der Waals surface area contributed by atoms with Crippen molar-refractivity contribution < 1.29 is 14.3 Å². The Balaban J connectivity index is 1.47. The summed E-state index contributed by atoms with van der Waals surface area (Å²) in [6.07, 6.45) is 1.80. The van der Waals surface area contributed by atoms with Crippen molar-refractivity contribution in [1.29, 1.82) is 0 Å². The van der Waals surface area contributed by atoms with Gasteiger partial charge in [-0.25, -0.2) is 4.99 Å². The minimum Gasteiger partial charge on any atom is -0.493 e. The summed E-state index contributed by atoms with van der Waals surface area (Å²) in [5, 5.41) is 4.02. The molecule has 0 bridgehead atoms. The molecule has 1 amide bonds. The number of rotatable bonds is 6. The summed E-state index contributed by atoms with van der Waals surface area (Å²) in [6, 6.07) is 20.6. The van der Waals surface area contributed by atoms with Crippen molar-refractivity contribution in [2.75, 3.05) is 7.11 Å². The number of benzene rings is 3. The van der Waals surface area contributed by atoms with E-state index < -0.39 is 0 Å². The molecule has 0 radical (unpaired) electrons. The molecule has 32 heavy (non-hydrogen) atoms. The Morgan fingerprint density at radius 1 is 1.06 bits per heavy atom. The van der Waals surface area contributed by atoms with E-state index in [4.69, 9.17) is 21.1 Å². The number of nitrogens with zero attached hydrogens (tertiary/aromatic N) is 1. The van der Waals surface area contributed by atoms with Crippen LogP contribution in [0, 0.1) is 0 Å². The molecule has 1 heterocycles. The molecule has 5 nitrogen and oxygen atoms in total. The smallest absolute Gasteiger partial charge is 0.264 e. The van der Waals surface area contributed by atoms with Gasteiger partial charge in [0.25, 0.3) is 5.91 Å². The third kappa shape index (κ3) is 5.73. The highest BCUT2D eigenvalue weighted by atomic mass is 79.9. The first-order chi connectivity index (χ1) is 15.5. The monoisotopic (exact) mass is 528 g/mol. The second-order valence-corrected chi connectivity index (χ2v) is 9.17. The van der Waals surface area contributed by atoms with Gasteiger partial charge in [-0.05, 0) is 77.5 Å². The second kappa shape index (κ2) is 10.3. The summed E-state index contributed by atoms with van der Waals surface area (Å²) in [4.78, 5) is 17.4. The first-order valence-corrected chi connectivity index (χ1v) is 11.6. The van der Waals surface area contributed by atoms with Crippen molar-refractivity contribution in [3.8, 4) is 11.5 Å². The Morgan fingerprint density at radius 2 is 1.81 bits per heavy atom. The van der Waals surface area contributed by atoms with E-state index in [1.165, 1.54) is 11.8 Å². The topological polar surface area (TPSA) is 59.9 Å². The van der Waals surface area contributed by atoms with E-state index in [-0.39, 0.29) is 5.91 Å². The number of ether oxygens (including phenoxy) is 2. The maximum Gasteiger partial charge on any atom is 0.264 e. The van der Waals surface area contributed by atoms with Gasteiger partial charge in [-0.15, -0.1) is 0 Å². The molecule has 1 saturated heterocycles. The van der Waals surface area contributed by atoms with Crippen LogP contribution in [0.25, 0.3) is 6.08 Å². The van der Waals surface area contributed by atoms with Gasteiger partial charge in [-0.2, -0.15) is 0 Å². The molecule has 3 aromatic rings. The van der Waals surface area contributed by atoms with Gasteiger partial charge in [-0.1, -0.05) is 45.7 Å². The van der Waals surface area contributed by atoms with Gasteiger partial charge < -0.3 is 14.8 Å². The van der Waals surface area contributed by atoms with E-state index in [1.807, 2.05) is 66.7 Å². The van der Waals surface area contributed by atoms with Crippen molar-refractivity contribution in [2.45, 2.75) is 6.61 Å². The lowest BCUT2D eigenvalue weighted by atomic mass is 10.2. The van der Waals surface area contributed by atoms with Crippen LogP contribution in [-0.4, -0.2) is 18.2 Å². The van der Waals surface area contributed by atoms with Crippen LogP contribution < -0.4 is 14.8 Å². The number of carbonyl (C=O) groups is 1. The lowest BCUT2D eigenvalue weighted by Gasteiger charge is -2.11. The maximum atomic E-state index is 12.4. The van der Waals surface area contributed by atoms with Crippen LogP contribution in [0.15, 0.2) is 81.1 Å². The van der Waals surface area contributed by atoms with Crippen LogP contribution in [0.2, 0.25) is 5.02 Å². The largest absolute Gasteiger partial charge is 0.493 e. The molecule has 0 spiro atoms. The number of thioether (sulfide) groups is 1. The Kier molecular flexibility index (Phi) is 7.19. The van der Waals surface area contributed by atoms with Crippen molar-refractivity contribution >= 4 is 62.1 Å². The zero-order valence-corrected chi connectivity index (χ0v) is 20.1. The first kappa shape index (κ1) is 22.5. The fraction of sp³-hybridized carbons (Fsp3) is 0.0833. The first-order valence-electron chi connectivity index (χ1n) is 9.60. The number of carbonyl (C=O) groups excluding carboxylic acids is 1. The van der Waals surface area contributed by atoms with Crippen molar-refractivity contribution in [3.63, 3.8) is 0 Å². The Bertz CT molecular complexity index is 1190. The van der Waals surface area contributed by atoms with E-state index in [2.05, 4.69) is 26.2 Å². The molecule has 0 aliphatic carbocycles. The molecule has 0 atom stereocenters. The normalized spacial score (nSPS) is 15.8. The Hall–Kier alpha value is -2.74. The van der Waals surface area contributed by atoms with Crippen LogP contribution in [0.1, 0.15) is 11.1 Å². The SMILES string of the molecule is COc1cc(C=C2SC(=Nc3ccc(Br)cc3)NC2=O)ccc1OCc1ccc(Cl)cc1. The number of hydrogen-bond donors (Lipinski definition) is 1. The second-order valence-electron chi connectivity index (χ2n) is 6.78. The van der Waals surface area contributed by atoms with Gasteiger partial charge in [0.15, 0.2) is 16.7 Å². The average Bonchev–Trinajstić information content (AvgIpc) is 3.13. The number of aliphatic imine (C=N–C) groups is 1. The molecule has 162 valence electrons. The highest BCUT2D eigenvalue weighted by molar-refractivity contribution is 9.10. The molecule has 0 aromatic heterocycles. The third-order valence-corrected chi connectivity index (χ3v) is 6.19. The predicted molar refractivity (Wildman–Crippen MR) is 134 cm³/mol. The Morgan fingerprint density at radius 3 is 2.53 bits per heavy atom. The number of halogens is 2. The van der Waals surface area contributed by atoms with Gasteiger partial charge in [0.05, 0.1) is 17.7 Å². The highest BCUT2D eigenvalue weighted by Gasteiger charge is 2.24. The number of amides is 1. The van der Waals surface area contributed by atoms with E-state index in [1.54, 1.807) is 13.2 Å². The van der Waals surface area contributed by atoms with Gasteiger partial charge in [0.2, 0.25) is 0 Å². The Labute approximate surface area is 203 Å². The molecular weight excluding hydrogens is 512 g/mol. The predicted octanol–water partition coefficient (Wildman–Crippen LogP) is 6.58. The summed E-state index contributed by atoms with van der Waals surface area (Å²) in [5.74, 6) is 1.01. The summed E-state index contributed by atoms with van der Waals surface area (Å²) in [7, 11) is 1.58. The molecule has 4 rings (SSSR count). The zero-order valence-electron chi connectivity index (χ0n) is 17.0. The fourth-order valence-corrected chi connectivity index (χ4v) is 4.13. The summed E-state index contributed by atoms with van der Waals surface area (Å²) in [6.45, 7) is 0.391. The van der Waals surface area contributed by atoms with Crippen molar-refractivity contribution in [1.82, 2.24) is 5.32 Å². The molecule has 1 fully saturated rings. The van der Waals surface area contributed by atoms with Crippen molar-refractivity contribution in [3.05, 3.63) is 92.3 Å². The minimum atomic E-state index is -0.187. The van der Waals surface area contributed by atoms with E-state index in [0.717, 1.165) is 21.3 Å². The third-order valence-electron chi connectivity index (χ3n) is 4.50. The molecule has 1 aliphatic rings. The molecule has 0 unspecified atom stereocenters. The quantitative estimate of drug-likeness (QED) is 0.366. The molecule has 1 aliphatic heterocycles. The number of nitrogens with one attached hydrogen (secondary N) is 1. The van der Waals surface area contributed by atoms with Crippen LogP contribution in [0.5, 0.6) is 11.5 Å². The van der Waals surface area contributed by atoms with E-state index >= 15 is 0 Å². The average molecular weight is 530 g/mol. The number of methoxy groups -OCH3 is 1. The van der Waals surface area contributed by atoms with Gasteiger partial charge in [0, 0.05) is 9.50 Å². The number of hydrogen-bond acceptors (Lipinski definition) is 5. The summed E-state index contributed by atoms with van der Waals surface area (Å²) < 4.78 is 12.4. The molecule has 0 saturated carbocycles. The van der Waals surface area contributed by atoms with E-state index in [9.17, 15) is 4.79 Å². The summed E-state index contributed by atoms with van der Waals surface area (Å²) in [5.41, 5.74) is 2.59. The van der Waals surface area contributed by atoms with Gasteiger partial charge in [-0.3, -0.25) is 4.79 Å². The van der Waals surface area contributed by atoms with Crippen LogP contribution in [-0.2, 0) is 11.4 Å². The fourth-order valence-electron chi connectivity index (χ4n) is 2.90. The van der Waals surface area contributed by atoms with Crippen LogP contribution in [0.4, 0.5) is 5.69 Å². The zero-order chi connectivity index (χ0) is 22.5. The number of amidine groups is 1. The van der Waals surface area contributed by atoms with Crippen LogP contribution in [0.3, 0.4) is 0 Å². The maximum absolute atomic E-state index is 12.4. The van der Waals surface area contributed by atoms with Crippen molar-refractivity contribution in [2.24, 2.45) is 4.99 Å². The molecule has 3 aromatic carbocycles. The molecule has 1 N–H and O–H groups in total. The standard InChI is InChI=1S/C24H18BrClN2O3S/c1-30-21-12-16(4-11-20(21)31-14-15-2-7-18(26)8-3-15)13-22-23(29)28-24(32-22)27-19-9-5-17(25)6-10-19/h2-13H,14H2,1H3,(H,27,28,29). The minimum absolute atomic E-state index is 0.187.